The first kappa shape index (κ1) is 31.6. The van der Waals surface area contributed by atoms with E-state index in [1.165, 1.54) is 4.90 Å². The van der Waals surface area contributed by atoms with E-state index in [-0.39, 0.29) is 18.5 Å². The van der Waals surface area contributed by atoms with Gasteiger partial charge in [0.1, 0.15) is 5.52 Å². The number of anilines is 3. The monoisotopic (exact) mass is 666 g/mol. The summed E-state index contributed by atoms with van der Waals surface area (Å²) < 4.78 is 1.72. The number of fused-ring (bicyclic) bond motifs is 2. The van der Waals surface area contributed by atoms with Crippen LogP contribution in [-0.2, 0) is 26.6 Å². The molecule has 1 saturated heterocycles. The summed E-state index contributed by atoms with van der Waals surface area (Å²) in [6.07, 6.45) is 3.64. The van der Waals surface area contributed by atoms with Crippen LogP contribution in [0.3, 0.4) is 0 Å². The van der Waals surface area contributed by atoms with E-state index in [2.05, 4.69) is 31.6 Å². The number of halogens is 1. The molecule has 1 atom stereocenters. The normalized spacial score (nSPS) is 16.2. The van der Waals surface area contributed by atoms with Crippen LogP contribution in [0, 0.1) is 6.92 Å². The SMILES string of the molecule is Cc1c(Nc2nccc3cc(CN4CC[C@@H](O)C4)cnc23)cccc1-c1cccc(NC(=O)c2nc3c(n2C)CCN(C(=O)O)C3)c1Cl. The number of hydrogen-bond donors (Lipinski definition) is 4. The lowest BCUT2D eigenvalue weighted by atomic mass is 9.98. The van der Waals surface area contributed by atoms with E-state index in [1.54, 1.807) is 23.9 Å². The smallest absolute Gasteiger partial charge is 0.407 e. The van der Waals surface area contributed by atoms with Gasteiger partial charge in [0.2, 0.25) is 0 Å². The number of imidazole rings is 1. The van der Waals surface area contributed by atoms with Gasteiger partial charge in [0.15, 0.2) is 11.6 Å². The molecule has 246 valence electrons. The number of aliphatic hydroxyl groups is 1. The molecule has 2 amide bonds. The summed E-state index contributed by atoms with van der Waals surface area (Å²) in [5.74, 6) is 0.386. The number of amides is 2. The molecule has 0 aliphatic carbocycles. The molecule has 12 nitrogen and oxygen atoms in total. The summed E-state index contributed by atoms with van der Waals surface area (Å²) in [5, 5.41) is 27.0. The van der Waals surface area contributed by atoms with E-state index in [1.807, 2.05) is 49.5 Å². The Morgan fingerprint density at radius 1 is 1.06 bits per heavy atom. The number of aliphatic hydroxyl groups excluding tert-OH is 1. The Balaban J connectivity index is 1.12. The fraction of sp³-hybridized carbons (Fsp3) is 0.286. The van der Waals surface area contributed by atoms with Crippen molar-refractivity contribution in [2.24, 2.45) is 7.05 Å². The lowest BCUT2D eigenvalue weighted by molar-refractivity contribution is 0.101. The van der Waals surface area contributed by atoms with Crippen molar-refractivity contribution in [1.82, 2.24) is 29.3 Å². The third-order valence-electron chi connectivity index (χ3n) is 9.16. The van der Waals surface area contributed by atoms with Gasteiger partial charge in [0.25, 0.3) is 5.91 Å². The van der Waals surface area contributed by atoms with Crippen LogP contribution in [0.1, 0.15) is 39.6 Å². The molecule has 2 aliphatic rings. The van der Waals surface area contributed by atoms with Crippen LogP contribution in [0.2, 0.25) is 5.02 Å². The number of carbonyl (C=O) groups excluding carboxylic acids is 1. The van der Waals surface area contributed by atoms with Crippen molar-refractivity contribution < 1.29 is 19.8 Å². The Morgan fingerprint density at radius 2 is 1.85 bits per heavy atom. The van der Waals surface area contributed by atoms with Crippen molar-refractivity contribution >= 4 is 51.7 Å². The highest BCUT2D eigenvalue weighted by Crippen LogP contribution is 2.38. The molecular formula is C35H35ClN8O4. The molecule has 13 heteroatoms. The second-order valence-electron chi connectivity index (χ2n) is 12.3. The largest absolute Gasteiger partial charge is 0.465 e. The van der Waals surface area contributed by atoms with Crippen LogP contribution in [0.4, 0.5) is 22.0 Å². The zero-order valence-corrected chi connectivity index (χ0v) is 27.3. The third kappa shape index (κ3) is 6.05. The molecule has 3 aromatic heterocycles. The van der Waals surface area contributed by atoms with E-state index >= 15 is 0 Å². The lowest BCUT2D eigenvalue weighted by Gasteiger charge is -2.23. The molecular weight excluding hydrogens is 632 g/mol. The van der Waals surface area contributed by atoms with E-state index < -0.39 is 12.0 Å². The molecule has 0 unspecified atom stereocenters. The summed E-state index contributed by atoms with van der Waals surface area (Å²) in [5.41, 5.74) is 7.09. The Kier molecular flexibility index (Phi) is 8.46. The van der Waals surface area contributed by atoms with E-state index in [4.69, 9.17) is 16.6 Å². The highest BCUT2D eigenvalue weighted by molar-refractivity contribution is 6.36. The van der Waals surface area contributed by atoms with Crippen LogP contribution in [-0.4, -0.2) is 77.3 Å². The van der Waals surface area contributed by atoms with Crippen LogP contribution in [0.15, 0.2) is 60.9 Å². The van der Waals surface area contributed by atoms with E-state index in [9.17, 15) is 19.8 Å². The second-order valence-corrected chi connectivity index (χ2v) is 12.7. The summed E-state index contributed by atoms with van der Waals surface area (Å²) >= 11 is 6.94. The maximum Gasteiger partial charge on any atom is 0.407 e. The third-order valence-corrected chi connectivity index (χ3v) is 9.57. The zero-order valence-electron chi connectivity index (χ0n) is 26.6. The highest BCUT2D eigenvalue weighted by Gasteiger charge is 2.28. The van der Waals surface area contributed by atoms with Gasteiger partial charge in [-0.3, -0.25) is 14.7 Å². The molecule has 5 aromatic rings. The average Bonchev–Trinajstić information content (AvgIpc) is 3.64. The van der Waals surface area contributed by atoms with Crippen LogP contribution >= 0.6 is 11.6 Å². The Labute approximate surface area is 282 Å². The van der Waals surface area contributed by atoms with Crippen molar-refractivity contribution in [3.05, 3.63) is 94.3 Å². The van der Waals surface area contributed by atoms with Gasteiger partial charge in [-0.1, -0.05) is 35.9 Å². The fourth-order valence-corrected chi connectivity index (χ4v) is 6.87. The summed E-state index contributed by atoms with van der Waals surface area (Å²) in [6.45, 7) is 4.78. The van der Waals surface area contributed by atoms with Crippen molar-refractivity contribution in [3.63, 3.8) is 0 Å². The molecule has 0 bridgehead atoms. The maximum atomic E-state index is 13.4. The van der Waals surface area contributed by atoms with Gasteiger partial charge >= 0.3 is 6.09 Å². The summed E-state index contributed by atoms with van der Waals surface area (Å²) in [6, 6.07) is 15.4. The summed E-state index contributed by atoms with van der Waals surface area (Å²) in [7, 11) is 1.76. The van der Waals surface area contributed by atoms with E-state index in [0.717, 1.165) is 64.0 Å². The second kappa shape index (κ2) is 12.9. The number of carbonyl (C=O) groups is 2. The van der Waals surface area contributed by atoms with Gasteiger partial charge in [-0.05, 0) is 54.3 Å². The number of β-amino-alcohol motifs (C(OH)–C–C–N with tert-alkyl or cyclic N) is 1. The number of likely N-dealkylation sites (tertiary alicyclic amines) is 1. The predicted molar refractivity (Wildman–Crippen MR) is 184 cm³/mol. The molecule has 48 heavy (non-hydrogen) atoms. The topological polar surface area (TPSA) is 149 Å². The first-order valence-electron chi connectivity index (χ1n) is 15.8. The number of carboxylic acid groups (broad SMARTS) is 1. The molecule has 2 aromatic carbocycles. The highest BCUT2D eigenvalue weighted by atomic mass is 35.5. The number of aromatic nitrogens is 4. The van der Waals surface area contributed by atoms with Crippen LogP contribution < -0.4 is 10.6 Å². The first-order valence-corrected chi connectivity index (χ1v) is 16.2. The van der Waals surface area contributed by atoms with Gasteiger partial charge in [-0.25, -0.2) is 14.8 Å². The van der Waals surface area contributed by atoms with Crippen molar-refractivity contribution in [3.8, 4) is 11.1 Å². The maximum absolute atomic E-state index is 13.4. The predicted octanol–water partition coefficient (Wildman–Crippen LogP) is 5.59. The van der Waals surface area contributed by atoms with E-state index in [0.29, 0.717) is 41.7 Å². The number of hydrogen-bond acceptors (Lipinski definition) is 8. The fourth-order valence-electron chi connectivity index (χ4n) is 6.60. The molecule has 0 radical (unpaired) electrons. The molecule has 5 heterocycles. The van der Waals surface area contributed by atoms with Crippen molar-refractivity contribution in [1.29, 1.82) is 0 Å². The molecule has 4 N–H and O–H groups in total. The minimum Gasteiger partial charge on any atom is -0.465 e. The van der Waals surface area contributed by atoms with Gasteiger partial charge in [-0.15, -0.1) is 0 Å². The molecule has 1 fully saturated rings. The Bertz CT molecular complexity index is 2060. The number of nitrogens with one attached hydrogen (secondary N) is 2. The van der Waals surface area contributed by atoms with Gasteiger partial charge in [-0.2, -0.15) is 0 Å². The Morgan fingerprint density at radius 3 is 2.62 bits per heavy atom. The minimum atomic E-state index is -1.01. The molecule has 0 saturated carbocycles. The van der Waals surface area contributed by atoms with Gasteiger partial charge in [0.05, 0.1) is 29.1 Å². The summed E-state index contributed by atoms with van der Waals surface area (Å²) in [4.78, 5) is 42.2. The zero-order chi connectivity index (χ0) is 33.5. The number of rotatable bonds is 7. The quantitative estimate of drug-likeness (QED) is 0.174. The standard InChI is InChI=1S/C35H35ClN8O4/c1-20-24(5-3-7-26(20)39-32-31-22(9-12-37-32)15-21(16-38-31)17-43-13-10-23(45)18-43)25-6-4-8-27(30(25)36)41-34(46)33-40-28-19-44(35(47)48)14-11-29(28)42(33)2/h3-9,12,15-16,23,45H,10-11,13-14,17-19H2,1-2H3,(H,37,39)(H,41,46)(H,47,48)/t23-/m1/s1. The molecule has 0 spiro atoms. The number of benzene rings is 2. The van der Waals surface area contributed by atoms with Gasteiger partial charge in [0, 0.05) is 74.4 Å². The molecule has 7 rings (SSSR count). The van der Waals surface area contributed by atoms with Crippen molar-refractivity contribution in [2.75, 3.05) is 30.3 Å². The number of nitrogens with zero attached hydrogens (tertiary/aromatic N) is 6. The Hall–Kier alpha value is -5.04. The minimum absolute atomic E-state index is 0.140. The van der Waals surface area contributed by atoms with Crippen LogP contribution in [0.25, 0.3) is 22.0 Å². The molecule has 2 aliphatic heterocycles. The van der Waals surface area contributed by atoms with Crippen molar-refractivity contribution in [2.45, 2.75) is 39.0 Å². The first-order chi connectivity index (χ1) is 23.2. The lowest BCUT2D eigenvalue weighted by Crippen LogP contribution is -2.35. The average molecular weight is 667 g/mol. The van der Waals surface area contributed by atoms with Gasteiger partial charge < -0.3 is 30.3 Å². The van der Waals surface area contributed by atoms with Crippen LogP contribution in [0.5, 0.6) is 0 Å². The number of pyridine rings is 2.